The molecule has 4 rings (SSSR count). The SMILES string of the molecule is NCC1C/C(=C\c2cccc(OC(=O)/C=C/c3cccc4c3OCO4)c2)C(=O)O1. The van der Waals surface area contributed by atoms with E-state index in [2.05, 4.69) is 0 Å². The Kier molecular flexibility index (Phi) is 5.31. The minimum Gasteiger partial charge on any atom is -0.457 e. The first-order valence-electron chi connectivity index (χ1n) is 9.12. The third-order valence-electron chi connectivity index (χ3n) is 4.49. The Labute approximate surface area is 167 Å². The molecule has 2 N–H and O–H groups in total. The van der Waals surface area contributed by atoms with Crippen LogP contribution in [0.3, 0.4) is 0 Å². The second-order valence-corrected chi connectivity index (χ2v) is 6.54. The molecule has 0 saturated carbocycles. The van der Waals surface area contributed by atoms with Crippen LogP contribution in [-0.2, 0) is 14.3 Å². The van der Waals surface area contributed by atoms with Gasteiger partial charge >= 0.3 is 11.9 Å². The molecule has 2 aliphatic heterocycles. The lowest BCUT2D eigenvalue weighted by Crippen LogP contribution is -2.18. The van der Waals surface area contributed by atoms with Crippen LogP contribution >= 0.6 is 0 Å². The van der Waals surface area contributed by atoms with Gasteiger partial charge in [-0.3, -0.25) is 0 Å². The highest BCUT2D eigenvalue weighted by Crippen LogP contribution is 2.36. The van der Waals surface area contributed by atoms with Gasteiger partial charge in [0.05, 0.1) is 0 Å². The molecule has 1 atom stereocenters. The molecule has 2 aliphatic rings. The molecular weight excluding hydrogens is 374 g/mol. The number of fused-ring (bicyclic) bond motifs is 1. The average Bonchev–Trinajstić information content (AvgIpc) is 3.33. The van der Waals surface area contributed by atoms with Gasteiger partial charge in [0, 0.05) is 30.2 Å². The summed E-state index contributed by atoms with van der Waals surface area (Å²) in [5.74, 6) is 0.712. The molecule has 1 unspecified atom stereocenters. The summed E-state index contributed by atoms with van der Waals surface area (Å²) in [6, 6.07) is 12.3. The monoisotopic (exact) mass is 393 g/mol. The summed E-state index contributed by atoms with van der Waals surface area (Å²) < 4.78 is 21.2. The van der Waals surface area contributed by atoms with E-state index in [1.807, 2.05) is 18.2 Å². The van der Waals surface area contributed by atoms with E-state index in [0.29, 0.717) is 29.2 Å². The van der Waals surface area contributed by atoms with Crippen LogP contribution in [0.25, 0.3) is 12.2 Å². The van der Waals surface area contributed by atoms with Gasteiger partial charge in [0.15, 0.2) is 11.5 Å². The first-order chi connectivity index (χ1) is 14.1. The molecule has 1 fully saturated rings. The molecule has 0 aromatic heterocycles. The number of rotatable bonds is 5. The fraction of sp³-hybridized carbons (Fsp3) is 0.182. The Morgan fingerprint density at radius 3 is 2.90 bits per heavy atom. The zero-order valence-electron chi connectivity index (χ0n) is 15.5. The van der Waals surface area contributed by atoms with E-state index in [-0.39, 0.29) is 25.4 Å². The van der Waals surface area contributed by atoms with Crippen molar-refractivity contribution >= 4 is 24.1 Å². The number of nitrogens with two attached hydrogens (primary N) is 1. The molecule has 0 aliphatic carbocycles. The standard InChI is InChI=1S/C22H19NO6/c23-12-18-11-16(22(25)29-18)9-14-3-1-5-17(10-14)28-20(24)8-7-15-4-2-6-19-21(15)27-13-26-19/h1-10,18H,11-13,23H2/b8-7+,16-9+. The zero-order valence-corrected chi connectivity index (χ0v) is 15.5. The van der Waals surface area contributed by atoms with E-state index in [4.69, 9.17) is 24.7 Å². The lowest BCUT2D eigenvalue weighted by atomic mass is 10.1. The van der Waals surface area contributed by atoms with E-state index >= 15 is 0 Å². The van der Waals surface area contributed by atoms with Crippen LogP contribution in [0.4, 0.5) is 0 Å². The van der Waals surface area contributed by atoms with Crippen molar-refractivity contribution in [1.82, 2.24) is 0 Å². The van der Waals surface area contributed by atoms with Gasteiger partial charge in [-0.1, -0.05) is 24.3 Å². The summed E-state index contributed by atoms with van der Waals surface area (Å²) in [7, 11) is 0. The highest BCUT2D eigenvalue weighted by molar-refractivity contribution is 5.96. The molecule has 0 bridgehead atoms. The third-order valence-corrected chi connectivity index (χ3v) is 4.49. The molecule has 29 heavy (non-hydrogen) atoms. The zero-order chi connectivity index (χ0) is 20.2. The molecule has 148 valence electrons. The Morgan fingerprint density at radius 1 is 1.21 bits per heavy atom. The van der Waals surface area contributed by atoms with Crippen LogP contribution < -0.4 is 19.9 Å². The fourth-order valence-electron chi connectivity index (χ4n) is 3.11. The van der Waals surface area contributed by atoms with Crippen LogP contribution in [0, 0.1) is 0 Å². The third kappa shape index (κ3) is 4.30. The number of cyclic esters (lactones) is 1. The largest absolute Gasteiger partial charge is 0.457 e. The summed E-state index contributed by atoms with van der Waals surface area (Å²) in [6.45, 7) is 0.446. The Balaban J connectivity index is 1.44. The highest BCUT2D eigenvalue weighted by Gasteiger charge is 2.27. The minimum atomic E-state index is -0.533. The maximum absolute atomic E-state index is 12.2. The Bertz CT molecular complexity index is 1010. The van der Waals surface area contributed by atoms with Crippen LogP contribution in [0.2, 0.25) is 0 Å². The van der Waals surface area contributed by atoms with Crippen LogP contribution in [-0.4, -0.2) is 31.4 Å². The van der Waals surface area contributed by atoms with Gasteiger partial charge in [0.2, 0.25) is 6.79 Å². The molecule has 0 spiro atoms. The van der Waals surface area contributed by atoms with Crippen LogP contribution in [0.1, 0.15) is 17.5 Å². The first kappa shape index (κ1) is 18.8. The van der Waals surface area contributed by atoms with Crippen molar-refractivity contribution in [3.63, 3.8) is 0 Å². The number of carbonyl (C=O) groups excluding carboxylic acids is 2. The van der Waals surface area contributed by atoms with Crippen molar-refractivity contribution < 1.29 is 28.5 Å². The second kappa shape index (κ2) is 8.20. The van der Waals surface area contributed by atoms with Crippen molar-refractivity contribution in [2.75, 3.05) is 13.3 Å². The second-order valence-electron chi connectivity index (χ2n) is 6.54. The Morgan fingerprint density at radius 2 is 2.07 bits per heavy atom. The fourth-order valence-corrected chi connectivity index (χ4v) is 3.11. The first-order valence-corrected chi connectivity index (χ1v) is 9.12. The lowest BCUT2D eigenvalue weighted by molar-refractivity contribution is -0.138. The van der Waals surface area contributed by atoms with E-state index < -0.39 is 5.97 Å². The molecule has 0 radical (unpaired) electrons. The predicted octanol–water partition coefficient (Wildman–Crippen LogP) is 2.69. The number of ether oxygens (including phenoxy) is 4. The van der Waals surface area contributed by atoms with Crippen molar-refractivity contribution in [3.05, 3.63) is 65.2 Å². The van der Waals surface area contributed by atoms with Crippen molar-refractivity contribution in [2.24, 2.45) is 5.73 Å². The molecule has 7 heteroatoms. The summed E-state index contributed by atoms with van der Waals surface area (Å²) in [4.78, 5) is 24.0. The van der Waals surface area contributed by atoms with Gasteiger partial charge in [0.1, 0.15) is 11.9 Å². The minimum absolute atomic E-state index is 0.159. The Hall–Kier alpha value is -3.58. The number of carbonyl (C=O) groups is 2. The molecule has 2 aromatic rings. The average molecular weight is 393 g/mol. The van der Waals surface area contributed by atoms with E-state index in [1.165, 1.54) is 6.08 Å². The maximum Gasteiger partial charge on any atom is 0.336 e. The van der Waals surface area contributed by atoms with Gasteiger partial charge in [0.25, 0.3) is 0 Å². The van der Waals surface area contributed by atoms with Crippen molar-refractivity contribution in [1.29, 1.82) is 0 Å². The maximum atomic E-state index is 12.2. The van der Waals surface area contributed by atoms with Gasteiger partial charge in [-0.25, -0.2) is 9.59 Å². The molecule has 2 heterocycles. The molecule has 2 aromatic carbocycles. The normalized spacial score (nSPS) is 19.0. The molecular formula is C22H19NO6. The van der Waals surface area contributed by atoms with Gasteiger partial charge in [-0.15, -0.1) is 0 Å². The van der Waals surface area contributed by atoms with Gasteiger partial charge in [-0.05, 0) is 35.9 Å². The van der Waals surface area contributed by atoms with Crippen LogP contribution in [0.15, 0.2) is 54.1 Å². The smallest absolute Gasteiger partial charge is 0.336 e. The number of para-hydroxylation sites is 1. The van der Waals surface area contributed by atoms with Crippen molar-refractivity contribution in [3.8, 4) is 17.2 Å². The lowest BCUT2D eigenvalue weighted by Gasteiger charge is -2.03. The molecule has 0 amide bonds. The number of hydrogen-bond donors (Lipinski definition) is 1. The predicted molar refractivity (Wildman–Crippen MR) is 105 cm³/mol. The number of hydrogen-bond acceptors (Lipinski definition) is 7. The molecule has 1 saturated heterocycles. The topological polar surface area (TPSA) is 97.1 Å². The van der Waals surface area contributed by atoms with Crippen LogP contribution in [0.5, 0.6) is 17.2 Å². The number of benzene rings is 2. The summed E-state index contributed by atoms with van der Waals surface area (Å²) in [5.41, 5.74) is 7.55. The molecule has 7 nitrogen and oxygen atoms in total. The summed E-state index contributed by atoms with van der Waals surface area (Å²) in [5, 5.41) is 0. The van der Waals surface area contributed by atoms with Gasteiger partial charge in [-0.2, -0.15) is 0 Å². The number of esters is 2. The quantitative estimate of drug-likeness (QED) is 0.474. The van der Waals surface area contributed by atoms with E-state index in [0.717, 1.165) is 11.1 Å². The summed E-state index contributed by atoms with van der Waals surface area (Å²) in [6.07, 6.45) is 4.84. The van der Waals surface area contributed by atoms with Crippen molar-refractivity contribution in [2.45, 2.75) is 12.5 Å². The van der Waals surface area contributed by atoms with Gasteiger partial charge < -0.3 is 24.7 Å². The van der Waals surface area contributed by atoms with E-state index in [1.54, 1.807) is 36.4 Å². The summed E-state index contributed by atoms with van der Waals surface area (Å²) >= 11 is 0. The highest BCUT2D eigenvalue weighted by atomic mass is 16.7. The van der Waals surface area contributed by atoms with E-state index in [9.17, 15) is 9.59 Å².